The zero-order valence-electron chi connectivity index (χ0n) is 18.4. The third kappa shape index (κ3) is 4.11. The van der Waals surface area contributed by atoms with Crippen LogP contribution < -0.4 is 10.9 Å². The second-order valence-electron chi connectivity index (χ2n) is 7.62. The summed E-state index contributed by atoms with van der Waals surface area (Å²) < 4.78 is 3.28. The van der Waals surface area contributed by atoms with E-state index in [1.165, 1.54) is 17.3 Å². The Kier molecular flexibility index (Phi) is 6.01. The molecule has 0 unspecified atom stereocenters. The Hall–Kier alpha value is -3.58. The number of aryl methyl sites for hydroxylation is 2. The SMILES string of the molecule is Cc1ccc(Sc2ncccc2C(=O)Nc2c(C)n(C)n(-c3ccccc3)c2=O)c(C)c1. The van der Waals surface area contributed by atoms with Gasteiger partial charge in [0, 0.05) is 18.1 Å². The van der Waals surface area contributed by atoms with Crippen molar-refractivity contribution in [2.45, 2.75) is 30.7 Å². The number of pyridine rings is 1. The predicted molar refractivity (Wildman–Crippen MR) is 128 cm³/mol. The van der Waals surface area contributed by atoms with Gasteiger partial charge in [-0.2, -0.15) is 0 Å². The number of nitrogens with zero attached hydrogens (tertiary/aromatic N) is 3. The summed E-state index contributed by atoms with van der Waals surface area (Å²) in [6, 6.07) is 19.0. The fraction of sp³-hybridized carbons (Fsp3) is 0.160. The molecule has 4 rings (SSSR count). The molecule has 0 spiro atoms. The van der Waals surface area contributed by atoms with E-state index in [1.54, 1.807) is 34.7 Å². The number of anilines is 1. The molecule has 0 fully saturated rings. The van der Waals surface area contributed by atoms with E-state index in [1.807, 2.05) is 63.2 Å². The fourth-order valence-corrected chi connectivity index (χ4v) is 4.50. The van der Waals surface area contributed by atoms with Gasteiger partial charge in [0.15, 0.2) is 0 Å². The van der Waals surface area contributed by atoms with E-state index in [0.717, 1.165) is 16.1 Å². The van der Waals surface area contributed by atoms with Crippen molar-refractivity contribution < 1.29 is 4.79 Å². The van der Waals surface area contributed by atoms with Gasteiger partial charge in [0.1, 0.15) is 10.7 Å². The van der Waals surface area contributed by atoms with E-state index in [-0.39, 0.29) is 17.2 Å². The van der Waals surface area contributed by atoms with Crippen LogP contribution in [0.4, 0.5) is 5.69 Å². The quantitative estimate of drug-likeness (QED) is 0.475. The first-order chi connectivity index (χ1) is 15.4. The third-order valence-corrected chi connectivity index (χ3v) is 6.54. The molecule has 0 aliphatic heterocycles. The van der Waals surface area contributed by atoms with Crippen molar-refractivity contribution in [2.24, 2.45) is 7.05 Å². The number of amides is 1. The highest BCUT2D eigenvalue weighted by Crippen LogP contribution is 2.32. The number of carbonyl (C=O) groups excluding carboxylic acids is 1. The molecule has 0 saturated carbocycles. The van der Waals surface area contributed by atoms with Gasteiger partial charge in [0.2, 0.25) is 0 Å². The van der Waals surface area contributed by atoms with Crippen molar-refractivity contribution in [1.29, 1.82) is 0 Å². The van der Waals surface area contributed by atoms with Crippen molar-refractivity contribution in [3.05, 3.63) is 99.6 Å². The Balaban J connectivity index is 1.67. The minimum atomic E-state index is -0.364. The van der Waals surface area contributed by atoms with E-state index in [2.05, 4.69) is 16.4 Å². The molecule has 0 aliphatic carbocycles. The Morgan fingerprint density at radius 1 is 1.00 bits per heavy atom. The average molecular weight is 445 g/mol. The van der Waals surface area contributed by atoms with Gasteiger partial charge < -0.3 is 5.32 Å². The number of benzene rings is 2. The minimum absolute atomic E-state index is 0.257. The van der Waals surface area contributed by atoms with Crippen molar-refractivity contribution in [3.63, 3.8) is 0 Å². The molecule has 0 radical (unpaired) electrons. The van der Waals surface area contributed by atoms with Crippen molar-refractivity contribution in [3.8, 4) is 5.69 Å². The molecule has 7 heteroatoms. The van der Waals surface area contributed by atoms with Crippen LogP contribution in [-0.2, 0) is 7.05 Å². The minimum Gasteiger partial charge on any atom is -0.316 e. The fourth-order valence-electron chi connectivity index (χ4n) is 3.56. The lowest BCUT2D eigenvalue weighted by Crippen LogP contribution is -2.23. The molecule has 32 heavy (non-hydrogen) atoms. The maximum atomic E-state index is 13.2. The Morgan fingerprint density at radius 3 is 2.47 bits per heavy atom. The van der Waals surface area contributed by atoms with Crippen LogP contribution in [0.2, 0.25) is 0 Å². The van der Waals surface area contributed by atoms with Gasteiger partial charge in [0.25, 0.3) is 11.5 Å². The summed E-state index contributed by atoms with van der Waals surface area (Å²) in [4.78, 5) is 31.8. The van der Waals surface area contributed by atoms with Crippen LogP contribution in [0, 0.1) is 20.8 Å². The highest BCUT2D eigenvalue weighted by molar-refractivity contribution is 7.99. The second kappa shape index (κ2) is 8.88. The number of para-hydroxylation sites is 1. The molecule has 4 aromatic rings. The maximum absolute atomic E-state index is 13.2. The molecule has 0 aliphatic rings. The first kappa shape index (κ1) is 21.6. The Bertz CT molecular complexity index is 1360. The van der Waals surface area contributed by atoms with Gasteiger partial charge in [-0.3, -0.25) is 14.3 Å². The smallest absolute Gasteiger partial charge is 0.295 e. The molecule has 1 amide bonds. The predicted octanol–water partition coefficient (Wildman–Crippen LogP) is 4.90. The summed E-state index contributed by atoms with van der Waals surface area (Å²) in [7, 11) is 1.80. The molecular formula is C25H24N4O2S. The van der Waals surface area contributed by atoms with Crippen molar-refractivity contribution in [2.75, 3.05) is 5.32 Å². The first-order valence-corrected chi connectivity index (χ1v) is 11.0. The summed E-state index contributed by atoms with van der Waals surface area (Å²) in [5.41, 5.74) is 4.10. The molecule has 0 atom stereocenters. The zero-order valence-corrected chi connectivity index (χ0v) is 19.2. The highest BCUT2D eigenvalue weighted by atomic mass is 32.2. The molecule has 162 valence electrons. The van der Waals surface area contributed by atoms with Crippen LogP contribution in [0.3, 0.4) is 0 Å². The van der Waals surface area contributed by atoms with Crippen LogP contribution >= 0.6 is 11.8 Å². The lowest BCUT2D eigenvalue weighted by molar-refractivity contribution is 0.102. The molecule has 0 bridgehead atoms. The largest absolute Gasteiger partial charge is 0.316 e. The molecule has 1 N–H and O–H groups in total. The second-order valence-corrected chi connectivity index (χ2v) is 8.65. The van der Waals surface area contributed by atoms with Crippen LogP contribution in [0.25, 0.3) is 5.69 Å². The van der Waals surface area contributed by atoms with Crippen LogP contribution in [0.1, 0.15) is 27.2 Å². The zero-order chi connectivity index (χ0) is 22.8. The third-order valence-electron chi connectivity index (χ3n) is 5.35. The standard InChI is InChI=1S/C25H24N4O2S/c1-16-12-13-21(17(2)15-16)32-24-20(11-8-14-26-24)23(30)27-22-18(3)28(4)29(25(22)31)19-9-6-5-7-10-19/h5-15H,1-4H3,(H,27,30). The molecular weight excluding hydrogens is 420 g/mol. The topological polar surface area (TPSA) is 68.9 Å². The monoisotopic (exact) mass is 444 g/mol. The number of carbonyl (C=O) groups is 1. The van der Waals surface area contributed by atoms with Gasteiger partial charge in [0.05, 0.1) is 16.9 Å². The Labute approximate surface area is 190 Å². The number of nitrogens with one attached hydrogen (secondary N) is 1. The average Bonchev–Trinajstić information content (AvgIpc) is 2.99. The van der Waals surface area contributed by atoms with Crippen LogP contribution in [0.15, 0.2) is 81.6 Å². The summed E-state index contributed by atoms with van der Waals surface area (Å²) in [5, 5.41) is 3.42. The summed E-state index contributed by atoms with van der Waals surface area (Å²) >= 11 is 1.44. The van der Waals surface area contributed by atoms with Gasteiger partial charge in [-0.25, -0.2) is 9.67 Å². The van der Waals surface area contributed by atoms with Gasteiger partial charge in [-0.15, -0.1) is 0 Å². The van der Waals surface area contributed by atoms with Crippen LogP contribution in [-0.4, -0.2) is 20.3 Å². The summed E-state index contributed by atoms with van der Waals surface area (Å²) in [6.07, 6.45) is 1.67. The van der Waals surface area contributed by atoms with Crippen molar-refractivity contribution in [1.82, 2.24) is 14.3 Å². The van der Waals surface area contributed by atoms with Gasteiger partial charge in [-0.05, 0) is 56.7 Å². The van der Waals surface area contributed by atoms with E-state index >= 15 is 0 Å². The van der Waals surface area contributed by atoms with E-state index in [0.29, 0.717) is 16.3 Å². The van der Waals surface area contributed by atoms with Gasteiger partial charge >= 0.3 is 0 Å². The lowest BCUT2D eigenvalue weighted by Gasteiger charge is -2.10. The molecule has 2 aromatic carbocycles. The number of aromatic nitrogens is 3. The molecule has 2 heterocycles. The van der Waals surface area contributed by atoms with E-state index < -0.39 is 0 Å². The van der Waals surface area contributed by atoms with Crippen LogP contribution in [0.5, 0.6) is 0 Å². The number of hydrogen-bond acceptors (Lipinski definition) is 4. The van der Waals surface area contributed by atoms with Crippen molar-refractivity contribution >= 4 is 23.4 Å². The Morgan fingerprint density at radius 2 is 1.75 bits per heavy atom. The normalized spacial score (nSPS) is 10.9. The lowest BCUT2D eigenvalue weighted by atomic mass is 10.2. The molecule has 6 nitrogen and oxygen atoms in total. The highest BCUT2D eigenvalue weighted by Gasteiger charge is 2.21. The first-order valence-electron chi connectivity index (χ1n) is 10.2. The van der Waals surface area contributed by atoms with Gasteiger partial charge in [-0.1, -0.05) is 47.7 Å². The maximum Gasteiger partial charge on any atom is 0.295 e. The van der Waals surface area contributed by atoms with E-state index in [4.69, 9.17) is 0 Å². The number of rotatable bonds is 5. The molecule has 0 saturated heterocycles. The summed E-state index contributed by atoms with van der Waals surface area (Å²) in [5.74, 6) is -0.364. The summed E-state index contributed by atoms with van der Waals surface area (Å²) in [6.45, 7) is 5.90. The molecule has 2 aromatic heterocycles. The number of hydrogen-bond donors (Lipinski definition) is 1. The van der Waals surface area contributed by atoms with E-state index in [9.17, 15) is 9.59 Å².